The molecule has 0 radical (unpaired) electrons. The third-order valence-electron chi connectivity index (χ3n) is 3.79. The van der Waals surface area contributed by atoms with E-state index in [-0.39, 0.29) is 36.4 Å². The molecular formula is C19H33IN4O3. The molecule has 1 N–H and O–H groups in total. The molecule has 7 nitrogen and oxygen atoms in total. The van der Waals surface area contributed by atoms with Crippen LogP contribution in [0.4, 0.5) is 0 Å². The molecule has 0 aliphatic heterocycles. The Kier molecular flexibility index (Phi) is 11.8. The van der Waals surface area contributed by atoms with Gasteiger partial charge < -0.3 is 24.6 Å². The number of nitrogens with one attached hydrogen (secondary N) is 1. The molecule has 0 saturated carbocycles. The van der Waals surface area contributed by atoms with Crippen LogP contribution in [0.15, 0.2) is 23.2 Å². The maximum absolute atomic E-state index is 11.9. The monoisotopic (exact) mass is 492 g/mol. The Morgan fingerprint density at radius 1 is 1.19 bits per heavy atom. The lowest BCUT2D eigenvalue weighted by atomic mass is 10.2. The fourth-order valence-electron chi connectivity index (χ4n) is 2.20. The highest BCUT2D eigenvalue weighted by Gasteiger charge is 2.13. The zero-order chi connectivity index (χ0) is 19.7. The molecule has 8 heteroatoms. The van der Waals surface area contributed by atoms with Crippen LogP contribution in [0.2, 0.25) is 0 Å². The SMILES string of the molecule is COc1ccc(CN(C)C(=NCC(=O)N(C)C)NCC(C)C)c(OC)c1.I. The van der Waals surface area contributed by atoms with Crippen molar-refractivity contribution < 1.29 is 14.3 Å². The van der Waals surface area contributed by atoms with Crippen LogP contribution < -0.4 is 14.8 Å². The Bertz CT molecular complexity index is 621. The number of nitrogens with zero attached hydrogens (tertiary/aromatic N) is 3. The van der Waals surface area contributed by atoms with E-state index in [4.69, 9.17) is 9.47 Å². The average molecular weight is 492 g/mol. The lowest BCUT2D eigenvalue weighted by molar-refractivity contribution is -0.127. The fourth-order valence-corrected chi connectivity index (χ4v) is 2.20. The second-order valence-electron chi connectivity index (χ2n) is 6.74. The smallest absolute Gasteiger partial charge is 0.243 e. The number of likely N-dealkylation sites (N-methyl/N-ethyl adjacent to an activating group) is 1. The van der Waals surface area contributed by atoms with Gasteiger partial charge in [0.05, 0.1) is 14.2 Å². The van der Waals surface area contributed by atoms with E-state index in [1.165, 1.54) is 4.90 Å². The van der Waals surface area contributed by atoms with Crippen LogP contribution in [0.25, 0.3) is 0 Å². The minimum absolute atomic E-state index is 0. The van der Waals surface area contributed by atoms with Crippen molar-refractivity contribution in [2.45, 2.75) is 20.4 Å². The number of rotatable bonds is 8. The zero-order valence-corrected chi connectivity index (χ0v) is 19.7. The normalized spacial score (nSPS) is 10.9. The summed E-state index contributed by atoms with van der Waals surface area (Å²) in [6.07, 6.45) is 0. The number of halogens is 1. The van der Waals surface area contributed by atoms with Gasteiger partial charge in [-0.25, -0.2) is 4.99 Å². The van der Waals surface area contributed by atoms with Gasteiger partial charge in [-0.1, -0.05) is 13.8 Å². The van der Waals surface area contributed by atoms with E-state index in [9.17, 15) is 4.79 Å². The molecule has 0 heterocycles. The van der Waals surface area contributed by atoms with Gasteiger partial charge in [0, 0.05) is 45.9 Å². The van der Waals surface area contributed by atoms with Crippen molar-refractivity contribution in [1.82, 2.24) is 15.1 Å². The number of guanidine groups is 1. The third kappa shape index (κ3) is 8.68. The maximum Gasteiger partial charge on any atom is 0.243 e. The summed E-state index contributed by atoms with van der Waals surface area (Å²) in [4.78, 5) is 19.9. The van der Waals surface area contributed by atoms with E-state index in [0.717, 1.165) is 23.6 Å². The summed E-state index contributed by atoms with van der Waals surface area (Å²) in [5.41, 5.74) is 1.01. The molecule has 0 aromatic heterocycles. The number of amides is 1. The molecule has 0 aliphatic carbocycles. The first-order valence-corrected chi connectivity index (χ1v) is 8.69. The summed E-state index contributed by atoms with van der Waals surface area (Å²) in [6, 6.07) is 5.73. The molecule has 0 atom stereocenters. The Hall–Kier alpha value is -1.71. The predicted molar refractivity (Wildman–Crippen MR) is 120 cm³/mol. The molecule has 0 unspecified atom stereocenters. The molecule has 0 saturated heterocycles. The molecule has 0 bridgehead atoms. The molecule has 1 rings (SSSR count). The number of methoxy groups -OCH3 is 2. The van der Waals surface area contributed by atoms with Crippen molar-refractivity contribution in [3.05, 3.63) is 23.8 Å². The van der Waals surface area contributed by atoms with Crippen LogP contribution in [-0.2, 0) is 11.3 Å². The van der Waals surface area contributed by atoms with Gasteiger partial charge in [0.15, 0.2) is 5.96 Å². The molecule has 0 aliphatic rings. The van der Waals surface area contributed by atoms with Crippen molar-refractivity contribution in [3.8, 4) is 11.5 Å². The number of aliphatic imine (C=N–C) groups is 1. The van der Waals surface area contributed by atoms with Gasteiger partial charge >= 0.3 is 0 Å². The number of ether oxygens (including phenoxy) is 2. The predicted octanol–water partition coefficient (Wildman–Crippen LogP) is 2.44. The van der Waals surface area contributed by atoms with Crippen molar-refractivity contribution >= 4 is 35.8 Å². The summed E-state index contributed by atoms with van der Waals surface area (Å²) in [5, 5.41) is 3.33. The van der Waals surface area contributed by atoms with Crippen molar-refractivity contribution in [2.75, 3.05) is 48.5 Å². The highest BCUT2D eigenvalue weighted by molar-refractivity contribution is 14.0. The van der Waals surface area contributed by atoms with Gasteiger partial charge in [-0.15, -0.1) is 24.0 Å². The van der Waals surface area contributed by atoms with Crippen molar-refractivity contribution in [3.63, 3.8) is 0 Å². The fraction of sp³-hybridized carbons (Fsp3) is 0.579. The molecule has 1 aromatic carbocycles. The maximum atomic E-state index is 11.9. The van der Waals surface area contributed by atoms with Crippen LogP contribution in [0.1, 0.15) is 19.4 Å². The largest absolute Gasteiger partial charge is 0.497 e. The van der Waals surface area contributed by atoms with E-state index in [2.05, 4.69) is 24.2 Å². The first-order valence-electron chi connectivity index (χ1n) is 8.69. The Labute approximate surface area is 180 Å². The second-order valence-corrected chi connectivity index (χ2v) is 6.74. The molecular weight excluding hydrogens is 459 g/mol. The summed E-state index contributed by atoms with van der Waals surface area (Å²) in [5.74, 6) is 2.62. The summed E-state index contributed by atoms with van der Waals surface area (Å²) < 4.78 is 10.7. The summed E-state index contributed by atoms with van der Waals surface area (Å²) in [7, 11) is 8.66. The van der Waals surface area contributed by atoms with Crippen LogP contribution in [0.5, 0.6) is 11.5 Å². The molecule has 0 fully saturated rings. The first kappa shape index (κ1) is 25.3. The Balaban J connectivity index is 0.00000676. The minimum atomic E-state index is -0.0377. The van der Waals surface area contributed by atoms with E-state index >= 15 is 0 Å². The zero-order valence-electron chi connectivity index (χ0n) is 17.4. The average Bonchev–Trinajstić information content (AvgIpc) is 2.61. The number of carbonyl (C=O) groups is 1. The van der Waals surface area contributed by atoms with E-state index < -0.39 is 0 Å². The second kappa shape index (κ2) is 12.6. The van der Waals surface area contributed by atoms with Gasteiger partial charge in [-0.05, 0) is 18.1 Å². The minimum Gasteiger partial charge on any atom is -0.497 e. The van der Waals surface area contributed by atoms with Gasteiger partial charge in [-0.3, -0.25) is 4.79 Å². The standard InChI is InChI=1S/C19H32N4O3.HI/c1-14(2)11-20-19(21-12-18(24)22(3)4)23(5)13-15-8-9-16(25-6)10-17(15)26-7;/h8-10,14H,11-13H2,1-7H3,(H,20,21);1H. The lowest BCUT2D eigenvalue weighted by Crippen LogP contribution is -2.41. The number of hydrogen-bond acceptors (Lipinski definition) is 4. The quantitative estimate of drug-likeness (QED) is 0.343. The highest BCUT2D eigenvalue weighted by atomic mass is 127. The van der Waals surface area contributed by atoms with Crippen LogP contribution in [0.3, 0.4) is 0 Å². The van der Waals surface area contributed by atoms with Gasteiger partial charge in [0.1, 0.15) is 18.0 Å². The van der Waals surface area contributed by atoms with E-state index in [1.807, 2.05) is 30.1 Å². The van der Waals surface area contributed by atoms with Crippen LogP contribution >= 0.6 is 24.0 Å². The molecule has 1 amide bonds. The first-order chi connectivity index (χ1) is 12.3. The number of hydrogen-bond donors (Lipinski definition) is 1. The summed E-state index contributed by atoms with van der Waals surface area (Å²) >= 11 is 0. The summed E-state index contributed by atoms with van der Waals surface area (Å²) in [6.45, 7) is 5.73. The van der Waals surface area contributed by atoms with E-state index in [1.54, 1.807) is 28.3 Å². The van der Waals surface area contributed by atoms with Gasteiger partial charge in [0.25, 0.3) is 0 Å². The molecule has 1 aromatic rings. The van der Waals surface area contributed by atoms with Crippen molar-refractivity contribution in [1.29, 1.82) is 0 Å². The Morgan fingerprint density at radius 2 is 1.85 bits per heavy atom. The van der Waals surface area contributed by atoms with Gasteiger partial charge in [0.2, 0.25) is 5.91 Å². The van der Waals surface area contributed by atoms with Gasteiger partial charge in [-0.2, -0.15) is 0 Å². The topological polar surface area (TPSA) is 66.4 Å². The Morgan fingerprint density at radius 3 is 2.37 bits per heavy atom. The molecule has 154 valence electrons. The number of benzene rings is 1. The molecule has 0 spiro atoms. The van der Waals surface area contributed by atoms with Crippen LogP contribution in [0, 0.1) is 5.92 Å². The van der Waals surface area contributed by atoms with Crippen molar-refractivity contribution in [2.24, 2.45) is 10.9 Å². The lowest BCUT2D eigenvalue weighted by Gasteiger charge is -2.24. The molecule has 27 heavy (non-hydrogen) atoms. The van der Waals surface area contributed by atoms with E-state index in [0.29, 0.717) is 18.4 Å². The number of carbonyl (C=O) groups excluding carboxylic acids is 1. The third-order valence-corrected chi connectivity index (χ3v) is 3.79. The van der Waals surface area contributed by atoms with Crippen LogP contribution in [-0.4, -0.2) is 70.1 Å². The highest BCUT2D eigenvalue weighted by Crippen LogP contribution is 2.25.